The molecule has 0 aromatic heterocycles. The molecule has 3 nitrogen and oxygen atoms in total. The maximum Gasteiger partial charge on any atom is 0.0343 e. The number of benzene rings is 1. The zero-order chi connectivity index (χ0) is 11.4. The Bertz CT molecular complexity index is 390. The van der Waals surface area contributed by atoms with Gasteiger partial charge in [0, 0.05) is 12.7 Å². The Morgan fingerprint density at radius 2 is 1.87 bits per heavy atom. The van der Waals surface area contributed by atoms with E-state index in [0.29, 0.717) is 0 Å². The first kappa shape index (κ1) is 11.9. The second kappa shape index (κ2) is 5.09. The maximum absolute atomic E-state index is 10.4. The van der Waals surface area contributed by atoms with Crippen LogP contribution in [0.25, 0.3) is 6.08 Å². The molecule has 1 aromatic rings. The van der Waals surface area contributed by atoms with E-state index in [9.17, 15) is 8.76 Å². The molecule has 4 heteroatoms. The highest BCUT2D eigenvalue weighted by molar-refractivity contribution is 7.82. The Morgan fingerprint density at radius 3 is 2.27 bits per heavy atom. The van der Waals surface area contributed by atoms with Crippen LogP contribution < -0.4 is 5.32 Å². The number of nitrogens with one attached hydrogen (secondary N) is 1. The van der Waals surface area contributed by atoms with Crippen molar-refractivity contribution in [1.29, 1.82) is 0 Å². The van der Waals surface area contributed by atoms with Gasteiger partial charge in [-0.15, -0.1) is 0 Å². The predicted octanol–water partition coefficient (Wildman–Crippen LogP) is 2.19. The molecule has 1 atom stereocenters. The Morgan fingerprint density at radius 1 is 1.33 bits per heavy atom. The van der Waals surface area contributed by atoms with Crippen LogP contribution >= 0.6 is 0 Å². The molecule has 1 aromatic carbocycles. The molecule has 1 rings (SSSR count). The summed E-state index contributed by atoms with van der Waals surface area (Å²) in [6.07, 6.45) is 1.62. The lowest BCUT2D eigenvalue weighted by atomic mass is 10.0. The van der Waals surface area contributed by atoms with E-state index in [1.165, 1.54) is 0 Å². The Kier molecular flexibility index (Phi) is 4.05. The molecule has 0 radical (unpaired) electrons. The van der Waals surface area contributed by atoms with Crippen LogP contribution in [0.5, 0.6) is 0 Å². The lowest BCUT2D eigenvalue weighted by molar-refractivity contribution is 0.546. The summed E-state index contributed by atoms with van der Waals surface area (Å²) >= 11 is -2.14. The molecule has 82 valence electrons. The minimum atomic E-state index is -2.14. The van der Waals surface area contributed by atoms with Crippen LogP contribution in [-0.4, -0.2) is 15.8 Å². The summed E-state index contributed by atoms with van der Waals surface area (Å²) in [5, 5.41) is 4.22. The van der Waals surface area contributed by atoms with Crippen molar-refractivity contribution in [3.63, 3.8) is 0 Å². The minimum absolute atomic E-state index is 0.957. The zero-order valence-electron chi connectivity index (χ0n) is 9.03. The Balaban J connectivity index is 3.14. The summed E-state index contributed by atoms with van der Waals surface area (Å²) < 4.78 is 20.8. The molecule has 0 spiro atoms. The molecule has 0 saturated carbocycles. The molecule has 0 saturated heterocycles. The van der Waals surface area contributed by atoms with Gasteiger partial charge in [0.1, 0.15) is 0 Å². The van der Waals surface area contributed by atoms with Gasteiger partial charge < -0.3 is 9.87 Å². The normalized spacial score (nSPS) is 13.1. The van der Waals surface area contributed by atoms with E-state index in [0.717, 1.165) is 27.8 Å². The summed E-state index contributed by atoms with van der Waals surface area (Å²) in [7, 11) is 1.86. The first-order valence-electron chi connectivity index (χ1n) is 4.60. The van der Waals surface area contributed by atoms with Gasteiger partial charge in [0.05, 0.1) is 0 Å². The lowest BCUT2D eigenvalue weighted by Gasteiger charge is -2.09. The molecule has 0 aliphatic carbocycles. The molecular weight excluding hydrogens is 210 g/mol. The first-order chi connectivity index (χ1) is 7.04. The Labute approximate surface area is 92.5 Å². The smallest absolute Gasteiger partial charge is 0.0343 e. The summed E-state index contributed by atoms with van der Waals surface area (Å²) in [6, 6.07) is 3.97. The standard InChI is InChI=1S/C11H15NO2S/c1-8-6-10(12-3)7-9(2)11(8)4-5-15(13)14/h4-7,12H,1-3H3,(H,13,14)/p-1/b5-4+. The lowest BCUT2D eigenvalue weighted by Crippen LogP contribution is -1.93. The van der Waals surface area contributed by atoms with Gasteiger partial charge in [0.2, 0.25) is 0 Å². The van der Waals surface area contributed by atoms with E-state index in [4.69, 9.17) is 0 Å². The average molecular weight is 224 g/mol. The maximum atomic E-state index is 10.4. The van der Waals surface area contributed by atoms with E-state index in [1.807, 2.05) is 33.0 Å². The van der Waals surface area contributed by atoms with Crippen molar-refractivity contribution in [1.82, 2.24) is 0 Å². The quantitative estimate of drug-likeness (QED) is 0.801. The number of hydrogen-bond donors (Lipinski definition) is 1. The van der Waals surface area contributed by atoms with E-state index < -0.39 is 11.1 Å². The van der Waals surface area contributed by atoms with Crippen LogP contribution in [0.1, 0.15) is 16.7 Å². The zero-order valence-corrected chi connectivity index (χ0v) is 9.85. The summed E-state index contributed by atoms with van der Waals surface area (Å²) in [6.45, 7) is 3.92. The highest BCUT2D eigenvalue weighted by Crippen LogP contribution is 2.21. The summed E-state index contributed by atoms with van der Waals surface area (Å²) in [5.41, 5.74) is 4.10. The van der Waals surface area contributed by atoms with Crippen LogP contribution in [0, 0.1) is 13.8 Å². The molecule has 15 heavy (non-hydrogen) atoms. The van der Waals surface area contributed by atoms with Gasteiger partial charge in [-0.1, -0.05) is 0 Å². The van der Waals surface area contributed by atoms with E-state index in [-0.39, 0.29) is 0 Å². The number of aryl methyl sites for hydroxylation is 2. The topological polar surface area (TPSA) is 52.2 Å². The van der Waals surface area contributed by atoms with Crippen LogP contribution in [0.3, 0.4) is 0 Å². The van der Waals surface area contributed by atoms with Crippen LogP contribution in [0.15, 0.2) is 17.5 Å². The molecule has 0 fully saturated rings. The molecule has 0 aliphatic rings. The second-order valence-corrected chi connectivity index (χ2v) is 4.13. The Hall–Kier alpha value is -1.13. The van der Waals surface area contributed by atoms with Gasteiger partial charge in [-0.25, -0.2) is 0 Å². The SMILES string of the molecule is CNc1cc(C)c(/C=C/S(=O)[O-])c(C)c1. The summed E-state index contributed by atoms with van der Waals surface area (Å²) in [5.74, 6) is 0. The fraction of sp³-hybridized carbons (Fsp3) is 0.273. The second-order valence-electron chi connectivity index (χ2n) is 3.34. The molecule has 1 N–H and O–H groups in total. The third kappa shape index (κ3) is 3.18. The average Bonchev–Trinajstić information content (AvgIpc) is 2.15. The predicted molar refractivity (Wildman–Crippen MR) is 63.4 cm³/mol. The highest BCUT2D eigenvalue weighted by Gasteiger charge is 2.01. The number of anilines is 1. The molecule has 0 amide bonds. The van der Waals surface area contributed by atoms with Crippen molar-refractivity contribution in [2.75, 3.05) is 12.4 Å². The molecule has 0 bridgehead atoms. The largest absolute Gasteiger partial charge is 0.769 e. The van der Waals surface area contributed by atoms with Crippen molar-refractivity contribution < 1.29 is 8.76 Å². The highest BCUT2D eigenvalue weighted by atomic mass is 32.2. The minimum Gasteiger partial charge on any atom is -0.769 e. The molecule has 0 aliphatic heterocycles. The van der Waals surface area contributed by atoms with E-state index in [1.54, 1.807) is 6.08 Å². The van der Waals surface area contributed by atoms with Crippen molar-refractivity contribution >= 4 is 22.8 Å². The van der Waals surface area contributed by atoms with Crippen molar-refractivity contribution in [2.45, 2.75) is 13.8 Å². The van der Waals surface area contributed by atoms with Crippen LogP contribution in [0.2, 0.25) is 0 Å². The van der Waals surface area contributed by atoms with Gasteiger partial charge >= 0.3 is 0 Å². The van der Waals surface area contributed by atoms with Crippen LogP contribution in [-0.2, 0) is 11.1 Å². The third-order valence-electron chi connectivity index (χ3n) is 2.23. The summed E-state index contributed by atoms with van der Waals surface area (Å²) in [4.78, 5) is 0. The van der Waals surface area contributed by atoms with Crippen molar-refractivity contribution in [2.24, 2.45) is 0 Å². The van der Waals surface area contributed by atoms with E-state index in [2.05, 4.69) is 5.32 Å². The van der Waals surface area contributed by atoms with Crippen molar-refractivity contribution in [3.8, 4) is 0 Å². The van der Waals surface area contributed by atoms with Gasteiger partial charge in [0.15, 0.2) is 0 Å². The number of rotatable bonds is 3. The van der Waals surface area contributed by atoms with Gasteiger partial charge in [-0.3, -0.25) is 4.21 Å². The fourth-order valence-corrected chi connectivity index (χ4v) is 1.75. The van der Waals surface area contributed by atoms with Crippen LogP contribution in [0.4, 0.5) is 5.69 Å². The third-order valence-corrected chi connectivity index (χ3v) is 2.59. The fourth-order valence-electron chi connectivity index (χ4n) is 1.51. The molecular formula is C11H14NO2S-. The monoisotopic (exact) mass is 224 g/mol. The van der Waals surface area contributed by atoms with Gasteiger partial charge in [0.25, 0.3) is 0 Å². The first-order valence-corrected chi connectivity index (χ1v) is 5.73. The van der Waals surface area contributed by atoms with Gasteiger partial charge in [-0.2, -0.15) is 0 Å². The van der Waals surface area contributed by atoms with E-state index >= 15 is 0 Å². The number of hydrogen-bond acceptors (Lipinski definition) is 3. The van der Waals surface area contributed by atoms with Gasteiger partial charge in [-0.05, 0) is 65.2 Å². The molecule has 0 heterocycles. The molecule has 1 unspecified atom stereocenters. The van der Waals surface area contributed by atoms with Crippen molar-refractivity contribution in [3.05, 3.63) is 34.2 Å².